The van der Waals surface area contributed by atoms with Crippen molar-refractivity contribution in [1.29, 1.82) is 0 Å². The summed E-state index contributed by atoms with van der Waals surface area (Å²) in [4.78, 5) is 26.6. The van der Waals surface area contributed by atoms with Gasteiger partial charge in [-0.15, -0.1) is 11.3 Å². The summed E-state index contributed by atoms with van der Waals surface area (Å²) in [7, 11) is 2.03. The molecule has 31 heavy (non-hydrogen) atoms. The molecule has 8 nitrogen and oxygen atoms in total. The SMILES string of the molecule is CN1N=C(c2nccs2)C=CC1N1CCN(CC(=O)N2CCN(C3CCC3)CC2)CC1. The Hall–Kier alpha value is -1.81. The summed E-state index contributed by atoms with van der Waals surface area (Å²) in [6, 6.07) is 0.791. The van der Waals surface area contributed by atoms with E-state index in [0.717, 1.165) is 69.1 Å². The molecule has 1 unspecified atom stereocenters. The van der Waals surface area contributed by atoms with Crippen molar-refractivity contribution < 1.29 is 4.79 Å². The van der Waals surface area contributed by atoms with Gasteiger partial charge in [-0.3, -0.25) is 24.5 Å². The lowest BCUT2D eigenvalue weighted by molar-refractivity contribution is -0.135. The number of thiazole rings is 1. The number of hydrogen-bond acceptors (Lipinski definition) is 8. The molecule has 9 heteroatoms. The first kappa shape index (κ1) is 21.1. The Kier molecular flexibility index (Phi) is 6.36. The largest absolute Gasteiger partial charge is 0.339 e. The van der Waals surface area contributed by atoms with Gasteiger partial charge in [0.2, 0.25) is 5.91 Å². The van der Waals surface area contributed by atoms with Crippen LogP contribution in [0, 0.1) is 0 Å². The van der Waals surface area contributed by atoms with E-state index in [9.17, 15) is 4.79 Å². The molecule has 3 aliphatic heterocycles. The first-order valence-corrected chi connectivity index (χ1v) is 12.4. The second-order valence-electron chi connectivity index (χ2n) is 8.98. The number of carbonyl (C=O) groups excluding carboxylic acids is 1. The minimum Gasteiger partial charge on any atom is -0.339 e. The van der Waals surface area contributed by atoms with Gasteiger partial charge >= 0.3 is 0 Å². The summed E-state index contributed by atoms with van der Waals surface area (Å²) < 4.78 is 0. The summed E-state index contributed by atoms with van der Waals surface area (Å²) in [6.45, 7) is 8.19. The summed E-state index contributed by atoms with van der Waals surface area (Å²) in [5.74, 6) is 0.300. The van der Waals surface area contributed by atoms with Crippen LogP contribution in [0.3, 0.4) is 0 Å². The van der Waals surface area contributed by atoms with Crippen LogP contribution >= 0.6 is 11.3 Å². The lowest BCUT2D eigenvalue weighted by atomic mass is 9.91. The summed E-state index contributed by atoms with van der Waals surface area (Å²) in [6.07, 6.45) is 10.4. The standard InChI is InChI=1S/C22H33N7OS/c1-25-20(6-5-19(24-25)22-23-7-16-31-22)28-10-8-26(9-11-28)17-21(30)29-14-12-27(13-15-29)18-3-2-4-18/h5-7,16,18,20H,2-4,8-15,17H2,1H3. The fraction of sp³-hybridized carbons (Fsp3) is 0.682. The molecule has 0 spiro atoms. The van der Waals surface area contributed by atoms with E-state index in [1.807, 2.05) is 23.6 Å². The first-order valence-electron chi connectivity index (χ1n) is 11.5. The van der Waals surface area contributed by atoms with E-state index in [2.05, 4.69) is 36.7 Å². The van der Waals surface area contributed by atoms with Crippen molar-refractivity contribution in [3.8, 4) is 0 Å². The average molecular weight is 444 g/mol. The average Bonchev–Trinajstić information content (AvgIpc) is 3.29. The molecule has 1 atom stereocenters. The van der Waals surface area contributed by atoms with Crippen LogP contribution in [0.15, 0.2) is 28.8 Å². The highest BCUT2D eigenvalue weighted by atomic mass is 32.1. The topological polar surface area (TPSA) is 58.5 Å². The van der Waals surface area contributed by atoms with Gasteiger partial charge in [-0.2, -0.15) is 5.10 Å². The molecule has 5 rings (SSSR count). The van der Waals surface area contributed by atoms with Crippen LogP contribution in [0.25, 0.3) is 0 Å². The lowest BCUT2D eigenvalue weighted by Crippen LogP contribution is -2.57. The van der Waals surface area contributed by atoms with Crippen LogP contribution in [0.2, 0.25) is 0 Å². The Balaban J connectivity index is 1.06. The van der Waals surface area contributed by atoms with Crippen molar-refractivity contribution >= 4 is 23.0 Å². The predicted molar refractivity (Wildman–Crippen MR) is 123 cm³/mol. The van der Waals surface area contributed by atoms with Gasteiger partial charge in [0, 0.05) is 77.0 Å². The Bertz CT molecular complexity index is 806. The van der Waals surface area contributed by atoms with Gasteiger partial charge in [-0.25, -0.2) is 4.98 Å². The summed E-state index contributed by atoms with van der Waals surface area (Å²) in [5, 5.41) is 9.69. The van der Waals surface area contributed by atoms with Gasteiger partial charge in [0.25, 0.3) is 0 Å². The highest BCUT2D eigenvalue weighted by Crippen LogP contribution is 2.25. The van der Waals surface area contributed by atoms with Gasteiger partial charge in [-0.1, -0.05) is 6.42 Å². The molecule has 1 aromatic rings. The van der Waals surface area contributed by atoms with Crippen LogP contribution in [0.5, 0.6) is 0 Å². The van der Waals surface area contributed by atoms with E-state index >= 15 is 0 Å². The molecular formula is C22H33N7OS. The van der Waals surface area contributed by atoms with Gasteiger partial charge in [0.05, 0.1) is 6.54 Å². The molecule has 3 fully saturated rings. The number of piperazine rings is 2. The van der Waals surface area contributed by atoms with Gasteiger partial charge in [-0.05, 0) is 25.0 Å². The van der Waals surface area contributed by atoms with Crippen LogP contribution in [0.4, 0.5) is 0 Å². The lowest BCUT2D eigenvalue weighted by Gasteiger charge is -2.44. The monoisotopic (exact) mass is 443 g/mol. The number of hydrazone groups is 1. The highest BCUT2D eigenvalue weighted by molar-refractivity contribution is 7.11. The van der Waals surface area contributed by atoms with E-state index in [1.165, 1.54) is 19.3 Å². The molecule has 0 aromatic carbocycles. The van der Waals surface area contributed by atoms with Crippen molar-refractivity contribution in [1.82, 2.24) is 29.6 Å². The quantitative estimate of drug-likeness (QED) is 0.677. The smallest absolute Gasteiger partial charge is 0.236 e. The van der Waals surface area contributed by atoms with Crippen LogP contribution in [0.1, 0.15) is 24.3 Å². The molecule has 4 heterocycles. The van der Waals surface area contributed by atoms with E-state index in [0.29, 0.717) is 12.5 Å². The Morgan fingerprint density at radius 3 is 2.42 bits per heavy atom. The van der Waals surface area contributed by atoms with E-state index in [1.54, 1.807) is 11.3 Å². The first-order chi connectivity index (χ1) is 15.2. The normalized spacial score (nSPS) is 26.7. The second-order valence-corrected chi connectivity index (χ2v) is 9.88. The second kappa shape index (κ2) is 9.36. The molecule has 0 radical (unpaired) electrons. The van der Waals surface area contributed by atoms with E-state index in [-0.39, 0.29) is 6.17 Å². The highest BCUT2D eigenvalue weighted by Gasteiger charge is 2.31. The number of carbonyl (C=O) groups is 1. The zero-order chi connectivity index (χ0) is 21.2. The fourth-order valence-electron chi connectivity index (χ4n) is 4.95. The third-order valence-corrected chi connectivity index (χ3v) is 7.92. The number of hydrogen-bond donors (Lipinski definition) is 0. The molecule has 1 aliphatic carbocycles. The molecule has 0 bridgehead atoms. The number of aromatic nitrogens is 1. The molecule has 4 aliphatic rings. The Labute approximate surface area is 188 Å². The molecule has 168 valence electrons. The number of nitrogens with zero attached hydrogens (tertiary/aromatic N) is 7. The third kappa shape index (κ3) is 4.69. The minimum absolute atomic E-state index is 0.168. The molecule has 0 N–H and O–H groups in total. The van der Waals surface area contributed by atoms with Crippen molar-refractivity contribution in [2.24, 2.45) is 5.10 Å². The maximum absolute atomic E-state index is 12.8. The van der Waals surface area contributed by atoms with Gasteiger partial charge in [0.1, 0.15) is 16.9 Å². The number of amides is 1. The van der Waals surface area contributed by atoms with E-state index < -0.39 is 0 Å². The maximum Gasteiger partial charge on any atom is 0.236 e. The number of allylic oxidation sites excluding steroid dienone is 1. The minimum atomic E-state index is 0.168. The number of likely N-dealkylation sites (N-methyl/N-ethyl adjacent to an activating group) is 1. The van der Waals surface area contributed by atoms with Crippen LogP contribution < -0.4 is 0 Å². The molecule has 1 saturated carbocycles. The Morgan fingerprint density at radius 2 is 1.81 bits per heavy atom. The zero-order valence-corrected chi connectivity index (χ0v) is 19.2. The van der Waals surface area contributed by atoms with Crippen molar-refractivity contribution in [2.75, 3.05) is 66.0 Å². The maximum atomic E-state index is 12.8. The van der Waals surface area contributed by atoms with Crippen LogP contribution in [-0.2, 0) is 4.79 Å². The van der Waals surface area contributed by atoms with Gasteiger partial charge in [0.15, 0.2) is 0 Å². The molecule has 2 saturated heterocycles. The summed E-state index contributed by atoms with van der Waals surface area (Å²) >= 11 is 1.61. The van der Waals surface area contributed by atoms with Crippen molar-refractivity contribution in [3.63, 3.8) is 0 Å². The molecule has 1 aromatic heterocycles. The number of rotatable bonds is 5. The zero-order valence-electron chi connectivity index (χ0n) is 18.4. The fourth-order valence-corrected chi connectivity index (χ4v) is 5.55. The predicted octanol–water partition coefficient (Wildman–Crippen LogP) is 0.989. The molecule has 1 amide bonds. The van der Waals surface area contributed by atoms with E-state index in [4.69, 9.17) is 5.10 Å². The third-order valence-electron chi connectivity index (χ3n) is 7.12. The summed E-state index contributed by atoms with van der Waals surface area (Å²) in [5.41, 5.74) is 0.926. The van der Waals surface area contributed by atoms with Crippen molar-refractivity contribution in [3.05, 3.63) is 28.7 Å². The van der Waals surface area contributed by atoms with Crippen molar-refractivity contribution in [2.45, 2.75) is 31.5 Å². The van der Waals surface area contributed by atoms with Crippen LogP contribution in [-0.4, -0.2) is 119 Å². The van der Waals surface area contributed by atoms with Gasteiger partial charge < -0.3 is 4.90 Å². The Morgan fingerprint density at radius 1 is 1.06 bits per heavy atom. The molecular weight excluding hydrogens is 410 g/mol.